The van der Waals surface area contributed by atoms with Crippen LogP contribution in [0.4, 0.5) is 0 Å². The molecule has 0 heterocycles. The van der Waals surface area contributed by atoms with E-state index in [1.807, 2.05) is 0 Å². The van der Waals surface area contributed by atoms with Gasteiger partial charge in [-0.05, 0) is 29.9 Å². The molecule has 0 aliphatic rings. The molecule has 0 N–H and O–H groups in total. The maximum Gasteiger partial charge on any atom is 0.0245 e. The van der Waals surface area contributed by atoms with Crippen LogP contribution in [0, 0.1) is 5.92 Å². The molecule has 1 aromatic carbocycles. The van der Waals surface area contributed by atoms with Crippen LogP contribution in [0.1, 0.15) is 38.3 Å². The summed E-state index contributed by atoms with van der Waals surface area (Å²) in [5, 5.41) is 0.969. The normalized spacial score (nSPS) is 12.2. The summed E-state index contributed by atoms with van der Waals surface area (Å²) in [6.07, 6.45) is 4.55. The predicted octanol–water partition coefficient (Wildman–Crippen LogP) is 5.07. The highest BCUT2D eigenvalue weighted by atomic mass is 79.9. The molecule has 0 nitrogen and oxygen atoms in total. The third-order valence-electron chi connectivity index (χ3n) is 2.62. The Morgan fingerprint density at radius 2 is 1.88 bits per heavy atom. The zero-order valence-electron chi connectivity index (χ0n) is 10.5. The van der Waals surface area contributed by atoms with Gasteiger partial charge in [0.1, 0.15) is 0 Å². The molecule has 16 heavy (non-hydrogen) atoms. The van der Waals surface area contributed by atoms with Crippen molar-refractivity contribution in [2.24, 2.45) is 5.92 Å². The molecule has 0 aromatic heterocycles. The number of hydrogen-bond acceptors (Lipinski definition) is 0. The standard InChI is InChI=1S/C15H21Br/c1-4-13(11-16)10-15-7-5-14(6-8-15)9-12(2)3/h5-8,10,12H,4,9,11H2,1-3H3. The average Bonchev–Trinajstić information content (AvgIpc) is 2.27. The Balaban J connectivity index is 2.74. The molecule has 0 saturated carbocycles. The van der Waals surface area contributed by atoms with Gasteiger partial charge in [0, 0.05) is 5.33 Å². The molecule has 0 amide bonds. The fourth-order valence-corrected chi connectivity index (χ4v) is 2.25. The largest absolute Gasteiger partial charge is 0.0880 e. The number of allylic oxidation sites excluding steroid dienone is 1. The summed E-state index contributed by atoms with van der Waals surface area (Å²) in [7, 11) is 0. The average molecular weight is 281 g/mol. The number of halogens is 1. The van der Waals surface area contributed by atoms with Gasteiger partial charge in [-0.2, -0.15) is 0 Å². The van der Waals surface area contributed by atoms with Crippen LogP contribution in [-0.4, -0.2) is 5.33 Å². The molecule has 1 heteroatoms. The van der Waals surface area contributed by atoms with Crippen molar-refractivity contribution in [2.45, 2.75) is 33.6 Å². The Hall–Kier alpha value is -0.560. The monoisotopic (exact) mass is 280 g/mol. The summed E-state index contributed by atoms with van der Waals surface area (Å²) < 4.78 is 0. The Bertz CT molecular complexity index is 327. The van der Waals surface area contributed by atoms with Crippen molar-refractivity contribution in [1.29, 1.82) is 0 Å². The van der Waals surface area contributed by atoms with Crippen LogP contribution in [0.15, 0.2) is 29.8 Å². The van der Waals surface area contributed by atoms with E-state index >= 15 is 0 Å². The molecule has 0 saturated heterocycles. The quantitative estimate of drug-likeness (QED) is 0.661. The molecule has 88 valence electrons. The maximum atomic E-state index is 3.51. The first-order valence-corrected chi connectivity index (χ1v) is 7.12. The molecular weight excluding hydrogens is 260 g/mol. The van der Waals surface area contributed by atoms with Gasteiger partial charge in [0.05, 0.1) is 0 Å². The lowest BCUT2D eigenvalue weighted by atomic mass is 10.0. The van der Waals surface area contributed by atoms with E-state index in [4.69, 9.17) is 0 Å². The lowest BCUT2D eigenvalue weighted by Crippen LogP contribution is -1.93. The first-order valence-electron chi connectivity index (χ1n) is 6.00. The van der Waals surface area contributed by atoms with Crippen molar-refractivity contribution in [3.05, 3.63) is 41.0 Å². The fraction of sp³-hybridized carbons (Fsp3) is 0.467. The minimum Gasteiger partial charge on any atom is -0.0880 e. The second kappa shape index (κ2) is 6.90. The van der Waals surface area contributed by atoms with Crippen LogP contribution in [-0.2, 0) is 6.42 Å². The van der Waals surface area contributed by atoms with Crippen LogP contribution >= 0.6 is 15.9 Å². The number of alkyl halides is 1. The van der Waals surface area contributed by atoms with Gasteiger partial charge in [0.25, 0.3) is 0 Å². The highest BCUT2D eigenvalue weighted by molar-refractivity contribution is 9.09. The molecule has 0 unspecified atom stereocenters. The third kappa shape index (κ3) is 4.52. The Kier molecular flexibility index (Phi) is 5.83. The highest BCUT2D eigenvalue weighted by Crippen LogP contribution is 2.14. The lowest BCUT2D eigenvalue weighted by Gasteiger charge is -2.05. The topological polar surface area (TPSA) is 0 Å². The Labute approximate surface area is 108 Å². The van der Waals surface area contributed by atoms with E-state index in [9.17, 15) is 0 Å². The summed E-state index contributed by atoms with van der Waals surface area (Å²) in [6.45, 7) is 6.71. The minimum absolute atomic E-state index is 0.732. The summed E-state index contributed by atoms with van der Waals surface area (Å²) in [6, 6.07) is 8.92. The van der Waals surface area contributed by atoms with Gasteiger partial charge < -0.3 is 0 Å². The van der Waals surface area contributed by atoms with Gasteiger partial charge in [-0.15, -0.1) is 0 Å². The molecule has 0 fully saturated rings. The summed E-state index contributed by atoms with van der Waals surface area (Å²) in [5.74, 6) is 0.732. The lowest BCUT2D eigenvalue weighted by molar-refractivity contribution is 0.647. The van der Waals surface area contributed by atoms with Gasteiger partial charge in [0.2, 0.25) is 0 Å². The Morgan fingerprint density at radius 3 is 2.31 bits per heavy atom. The molecular formula is C15H21Br. The highest BCUT2D eigenvalue weighted by Gasteiger charge is 1.98. The van der Waals surface area contributed by atoms with Crippen molar-refractivity contribution in [1.82, 2.24) is 0 Å². The molecule has 0 spiro atoms. The number of rotatable bonds is 5. The van der Waals surface area contributed by atoms with Gasteiger partial charge in [-0.3, -0.25) is 0 Å². The molecule has 0 aliphatic heterocycles. The van der Waals surface area contributed by atoms with Crippen molar-refractivity contribution in [2.75, 3.05) is 5.33 Å². The second-order valence-electron chi connectivity index (χ2n) is 4.63. The summed E-state index contributed by atoms with van der Waals surface area (Å²) in [4.78, 5) is 0. The molecule has 1 aromatic rings. The van der Waals surface area contributed by atoms with E-state index in [1.54, 1.807) is 0 Å². The zero-order valence-corrected chi connectivity index (χ0v) is 12.0. The first kappa shape index (κ1) is 13.5. The van der Waals surface area contributed by atoms with E-state index < -0.39 is 0 Å². The number of hydrogen-bond donors (Lipinski definition) is 0. The fourth-order valence-electron chi connectivity index (χ4n) is 1.69. The predicted molar refractivity (Wildman–Crippen MR) is 77.0 cm³/mol. The van der Waals surface area contributed by atoms with Crippen molar-refractivity contribution in [3.63, 3.8) is 0 Å². The molecule has 0 aliphatic carbocycles. The zero-order chi connectivity index (χ0) is 12.0. The molecule has 0 atom stereocenters. The van der Waals surface area contributed by atoms with Crippen LogP contribution in [0.3, 0.4) is 0 Å². The number of benzene rings is 1. The van der Waals surface area contributed by atoms with Gasteiger partial charge in [-0.1, -0.05) is 72.6 Å². The van der Waals surface area contributed by atoms with E-state index in [0.717, 1.165) is 17.7 Å². The van der Waals surface area contributed by atoms with E-state index in [1.165, 1.54) is 23.1 Å². The van der Waals surface area contributed by atoms with Crippen molar-refractivity contribution >= 4 is 22.0 Å². The summed E-state index contributed by atoms with van der Waals surface area (Å²) in [5.41, 5.74) is 4.18. The second-order valence-corrected chi connectivity index (χ2v) is 5.19. The van der Waals surface area contributed by atoms with Gasteiger partial charge >= 0.3 is 0 Å². The molecule has 1 rings (SSSR count). The van der Waals surface area contributed by atoms with Gasteiger partial charge in [0.15, 0.2) is 0 Å². The maximum absolute atomic E-state index is 3.51. The van der Waals surface area contributed by atoms with Gasteiger partial charge in [-0.25, -0.2) is 0 Å². The minimum atomic E-state index is 0.732. The first-order chi connectivity index (χ1) is 7.65. The van der Waals surface area contributed by atoms with Crippen LogP contribution in [0.25, 0.3) is 6.08 Å². The molecule has 0 radical (unpaired) electrons. The van der Waals surface area contributed by atoms with E-state index in [2.05, 4.69) is 67.0 Å². The smallest absolute Gasteiger partial charge is 0.0245 e. The van der Waals surface area contributed by atoms with Crippen LogP contribution in [0.2, 0.25) is 0 Å². The molecule has 0 bridgehead atoms. The van der Waals surface area contributed by atoms with E-state index in [0.29, 0.717) is 0 Å². The SMILES string of the molecule is CCC(=Cc1ccc(CC(C)C)cc1)CBr. The van der Waals surface area contributed by atoms with Crippen LogP contribution < -0.4 is 0 Å². The third-order valence-corrected chi connectivity index (χ3v) is 3.34. The summed E-state index contributed by atoms with van der Waals surface area (Å²) >= 11 is 3.51. The van der Waals surface area contributed by atoms with Crippen molar-refractivity contribution in [3.8, 4) is 0 Å². The van der Waals surface area contributed by atoms with Crippen molar-refractivity contribution < 1.29 is 0 Å². The Morgan fingerprint density at radius 1 is 1.25 bits per heavy atom. The van der Waals surface area contributed by atoms with E-state index in [-0.39, 0.29) is 0 Å². The van der Waals surface area contributed by atoms with Crippen LogP contribution in [0.5, 0.6) is 0 Å².